The number of carbonyl (C=O) groups excluding carboxylic acids is 2. The van der Waals surface area contributed by atoms with Gasteiger partial charge in [-0.3, -0.25) is 9.59 Å². The topological polar surface area (TPSA) is 66.6 Å². The highest BCUT2D eigenvalue weighted by molar-refractivity contribution is 9.10. The highest BCUT2D eigenvalue weighted by atomic mass is 79.9. The monoisotopic (exact) mass is 351 g/mol. The van der Waals surface area contributed by atoms with Crippen molar-refractivity contribution in [2.75, 3.05) is 18.8 Å². The number of nitrogens with two attached hydrogens (primary N) is 1. The van der Waals surface area contributed by atoms with Gasteiger partial charge in [-0.05, 0) is 43.0 Å². The number of piperazine rings is 1. The number of rotatable bonds is 2. The summed E-state index contributed by atoms with van der Waals surface area (Å²) < 4.78 is 0.882. The minimum Gasteiger partial charge on any atom is -0.399 e. The molecule has 3 rings (SSSR count). The van der Waals surface area contributed by atoms with Gasteiger partial charge in [-0.1, -0.05) is 15.9 Å². The SMILES string of the molecule is Nc1cc(Br)cc(CN2CC(=O)N3CCCCC3C2=O)c1. The first-order valence-corrected chi connectivity index (χ1v) is 7.97. The van der Waals surface area contributed by atoms with Crippen LogP contribution in [-0.4, -0.2) is 40.7 Å². The van der Waals surface area contributed by atoms with E-state index in [1.807, 2.05) is 18.2 Å². The molecule has 2 saturated heterocycles. The van der Waals surface area contributed by atoms with Crippen LogP contribution in [0.5, 0.6) is 0 Å². The number of hydrogen-bond acceptors (Lipinski definition) is 3. The highest BCUT2D eigenvalue weighted by Crippen LogP contribution is 2.25. The average Bonchev–Trinajstić information content (AvgIpc) is 2.43. The molecule has 21 heavy (non-hydrogen) atoms. The molecule has 2 aliphatic heterocycles. The summed E-state index contributed by atoms with van der Waals surface area (Å²) in [6.07, 6.45) is 2.79. The fourth-order valence-electron chi connectivity index (χ4n) is 3.15. The van der Waals surface area contributed by atoms with Crippen molar-refractivity contribution < 1.29 is 9.59 Å². The number of hydrogen-bond donors (Lipinski definition) is 1. The Kier molecular flexibility index (Phi) is 3.89. The number of anilines is 1. The fraction of sp³-hybridized carbons (Fsp3) is 0.467. The zero-order valence-electron chi connectivity index (χ0n) is 11.7. The molecule has 2 N–H and O–H groups in total. The minimum atomic E-state index is -0.260. The third-order valence-electron chi connectivity index (χ3n) is 4.10. The molecule has 1 unspecified atom stereocenters. The molecule has 2 fully saturated rings. The Hall–Kier alpha value is -1.56. The lowest BCUT2D eigenvalue weighted by atomic mass is 9.98. The van der Waals surface area contributed by atoms with Gasteiger partial charge in [0.1, 0.15) is 12.6 Å². The van der Waals surface area contributed by atoms with Gasteiger partial charge in [0.25, 0.3) is 0 Å². The summed E-state index contributed by atoms with van der Waals surface area (Å²) in [5.74, 6) is 0.120. The molecule has 0 spiro atoms. The van der Waals surface area contributed by atoms with Crippen LogP contribution in [0.15, 0.2) is 22.7 Å². The molecule has 0 aromatic heterocycles. The predicted octanol–water partition coefficient (Wildman–Crippen LogP) is 1.75. The number of benzene rings is 1. The number of fused-ring (bicyclic) bond motifs is 1. The largest absolute Gasteiger partial charge is 0.399 e. The maximum atomic E-state index is 12.6. The van der Waals surface area contributed by atoms with E-state index >= 15 is 0 Å². The summed E-state index contributed by atoms with van der Waals surface area (Å²) in [5, 5.41) is 0. The quantitative estimate of drug-likeness (QED) is 0.825. The van der Waals surface area contributed by atoms with E-state index in [0.717, 1.165) is 29.3 Å². The van der Waals surface area contributed by atoms with Crippen LogP contribution in [0.3, 0.4) is 0 Å². The van der Waals surface area contributed by atoms with E-state index in [0.29, 0.717) is 18.8 Å². The third-order valence-corrected chi connectivity index (χ3v) is 4.56. The second-order valence-corrected chi connectivity index (χ2v) is 6.60. The summed E-state index contributed by atoms with van der Waals surface area (Å²) >= 11 is 3.40. The van der Waals surface area contributed by atoms with Crippen molar-refractivity contribution in [1.82, 2.24) is 9.80 Å². The summed E-state index contributed by atoms with van der Waals surface area (Å²) in [7, 11) is 0. The lowest BCUT2D eigenvalue weighted by molar-refractivity contribution is -0.158. The van der Waals surface area contributed by atoms with Crippen LogP contribution in [0, 0.1) is 0 Å². The van der Waals surface area contributed by atoms with Crippen LogP contribution < -0.4 is 5.73 Å². The van der Waals surface area contributed by atoms with Gasteiger partial charge in [0.05, 0.1) is 0 Å². The van der Waals surface area contributed by atoms with E-state index < -0.39 is 0 Å². The van der Waals surface area contributed by atoms with Gasteiger partial charge in [-0.15, -0.1) is 0 Å². The molecule has 5 nitrogen and oxygen atoms in total. The molecule has 1 atom stereocenters. The van der Waals surface area contributed by atoms with Crippen LogP contribution in [0.25, 0.3) is 0 Å². The molecule has 1 aromatic rings. The van der Waals surface area contributed by atoms with Gasteiger partial charge >= 0.3 is 0 Å². The van der Waals surface area contributed by atoms with E-state index in [-0.39, 0.29) is 24.4 Å². The highest BCUT2D eigenvalue weighted by Gasteiger charge is 2.40. The Morgan fingerprint density at radius 2 is 2.05 bits per heavy atom. The lowest BCUT2D eigenvalue weighted by Gasteiger charge is -2.42. The third kappa shape index (κ3) is 2.90. The van der Waals surface area contributed by atoms with Gasteiger partial charge < -0.3 is 15.5 Å². The molecule has 2 heterocycles. The van der Waals surface area contributed by atoms with E-state index in [9.17, 15) is 9.59 Å². The fourth-order valence-corrected chi connectivity index (χ4v) is 3.71. The summed E-state index contributed by atoms with van der Waals surface area (Å²) in [6, 6.07) is 5.33. The van der Waals surface area contributed by atoms with Crippen molar-refractivity contribution in [2.45, 2.75) is 31.8 Å². The van der Waals surface area contributed by atoms with Crippen molar-refractivity contribution in [3.63, 3.8) is 0 Å². The molecule has 2 aliphatic rings. The van der Waals surface area contributed by atoms with Gasteiger partial charge in [-0.25, -0.2) is 0 Å². The van der Waals surface area contributed by atoms with Crippen molar-refractivity contribution in [3.8, 4) is 0 Å². The summed E-state index contributed by atoms with van der Waals surface area (Å²) in [5.41, 5.74) is 7.41. The van der Waals surface area contributed by atoms with Crippen LogP contribution in [0.4, 0.5) is 5.69 Å². The van der Waals surface area contributed by atoms with E-state index in [1.165, 1.54) is 0 Å². The molecule has 0 radical (unpaired) electrons. The van der Waals surface area contributed by atoms with Crippen molar-refractivity contribution >= 4 is 33.4 Å². The Labute approximate surface area is 132 Å². The molecular formula is C15H18BrN3O2. The minimum absolute atomic E-state index is 0.0577. The van der Waals surface area contributed by atoms with Crippen molar-refractivity contribution in [3.05, 3.63) is 28.2 Å². The molecule has 2 amide bonds. The van der Waals surface area contributed by atoms with Crippen LogP contribution in [-0.2, 0) is 16.1 Å². The molecule has 0 bridgehead atoms. The maximum Gasteiger partial charge on any atom is 0.246 e. The maximum absolute atomic E-state index is 12.6. The first kappa shape index (κ1) is 14.4. The number of halogens is 1. The Balaban J connectivity index is 1.79. The zero-order chi connectivity index (χ0) is 15.0. The summed E-state index contributed by atoms with van der Waals surface area (Å²) in [6.45, 7) is 1.31. The Morgan fingerprint density at radius 3 is 2.81 bits per heavy atom. The van der Waals surface area contributed by atoms with Gasteiger partial charge in [0, 0.05) is 23.2 Å². The normalized spacial score (nSPS) is 22.4. The number of piperidine rings is 1. The van der Waals surface area contributed by atoms with Crippen molar-refractivity contribution in [1.29, 1.82) is 0 Å². The summed E-state index contributed by atoms with van der Waals surface area (Å²) in [4.78, 5) is 28.2. The Bertz CT molecular complexity index is 570. The van der Waals surface area contributed by atoms with Gasteiger partial charge in [0.2, 0.25) is 11.8 Å². The first-order chi connectivity index (χ1) is 10.0. The van der Waals surface area contributed by atoms with Crippen LogP contribution in [0.1, 0.15) is 24.8 Å². The van der Waals surface area contributed by atoms with E-state index in [1.54, 1.807) is 9.80 Å². The molecular weight excluding hydrogens is 334 g/mol. The number of amides is 2. The molecule has 0 saturated carbocycles. The predicted molar refractivity (Wildman–Crippen MR) is 83.3 cm³/mol. The zero-order valence-corrected chi connectivity index (χ0v) is 13.3. The number of nitrogen functional groups attached to an aromatic ring is 1. The van der Waals surface area contributed by atoms with Crippen LogP contribution in [0.2, 0.25) is 0 Å². The first-order valence-electron chi connectivity index (χ1n) is 7.18. The Morgan fingerprint density at radius 1 is 1.24 bits per heavy atom. The molecule has 0 aliphatic carbocycles. The average molecular weight is 352 g/mol. The number of carbonyl (C=O) groups is 2. The van der Waals surface area contributed by atoms with E-state index in [2.05, 4.69) is 15.9 Å². The molecule has 112 valence electrons. The lowest BCUT2D eigenvalue weighted by Crippen LogP contribution is -2.60. The van der Waals surface area contributed by atoms with Crippen molar-refractivity contribution in [2.24, 2.45) is 0 Å². The second kappa shape index (κ2) is 5.67. The van der Waals surface area contributed by atoms with Gasteiger partial charge in [0.15, 0.2) is 0 Å². The number of nitrogens with zero attached hydrogens (tertiary/aromatic N) is 2. The van der Waals surface area contributed by atoms with Crippen LogP contribution >= 0.6 is 15.9 Å². The standard InChI is InChI=1S/C15H18BrN3O2/c16-11-5-10(6-12(17)7-11)8-18-9-14(20)19-4-2-1-3-13(19)15(18)21/h5-7,13H,1-4,8-9,17H2. The molecule has 1 aromatic carbocycles. The smallest absolute Gasteiger partial charge is 0.246 e. The second-order valence-electron chi connectivity index (χ2n) is 5.69. The van der Waals surface area contributed by atoms with Gasteiger partial charge in [-0.2, -0.15) is 0 Å². The van der Waals surface area contributed by atoms with E-state index in [4.69, 9.17) is 5.73 Å². The molecule has 6 heteroatoms.